The van der Waals surface area contributed by atoms with Gasteiger partial charge in [-0.1, -0.05) is 48.5 Å². The third-order valence-electron chi connectivity index (χ3n) is 5.33. The number of nitrogens with zero attached hydrogens (tertiary/aromatic N) is 2. The van der Waals surface area contributed by atoms with Gasteiger partial charge in [0, 0.05) is 17.5 Å². The van der Waals surface area contributed by atoms with Gasteiger partial charge in [0.1, 0.15) is 6.61 Å². The van der Waals surface area contributed by atoms with E-state index in [2.05, 4.69) is 16.0 Å². The Morgan fingerprint density at radius 2 is 1.57 bits per heavy atom. The molecule has 4 rings (SSSR count). The molecule has 2 amide bonds. The number of carbonyl (C=O) groups excluding carboxylic acids is 2. The molecule has 3 aromatic carbocycles. The third kappa shape index (κ3) is 5.14. The number of aromatic nitrogens is 2. The highest BCUT2D eigenvalue weighted by Crippen LogP contribution is 2.28. The van der Waals surface area contributed by atoms with Crippen molar-refractivity contribution in [2.24, 2.45) is 0 Å². The molecule has 35 heavy (non-hydrogen) atoms. The van der Waals surface area contributed by atoms with Gasteiger partial charge < -0.3 is 9.47 Å². The smallest absolute Gasteiger partial charge is 0.290 e. The van der Waals surface area contributed by atoms with Crippen molar-refractivity contribution in [3.8, 4) is 11.5 Å². The second kappa shape index (κ2) is 10.5. The molecule has 0 spiro atoms. The Labute approximate surface area is 201 Å². The molecule has 0 radical (unpaired) electrons. The summed E-state index contributed by atoms with van der Waals surface area (Å²) in [6, 6.07) is 21.1. The number of fused-ring (bicyclic) bond motifs is 1. The summed E-state index contributed by atoms with van der Waals surface area (Å²) in [6.45, 7) is 2.40. The van der Waals surface area contributed by atoms with Gasteiger partial charge in [-0.15, -0.1) is 0 Å². The molecule has 178 valence electrons. The number of ether oxygens (including phenoxy) is 2. The predicted octanol–water partition coefficient (Wildman–Crippen LogP) is 3.08. The van der Waals surface area contributed by atoms with Crippen LogP contribution in [0, 0.1) is 0 Å². The van der Waals surface area contributed by atoms with Crippen LogP contribution in [0.1, 0.15) is 33.3 Å². The molecule has 4 aromatic rings. The highest BCUT2D eigenvalue weighted by atomic mass is 16.5. The van der Waals surface area contributed by atoms with E-state index in [9.17, 15) is 14.4 Å². The number of carbonyl (C=O) groups is 2. The number of hydrogen-bond acceptors (Lipinski definition) is 6. The lowest BCUT2D eigenvalue weighted by Gasteiger charge is -2.13. The fourth-order valence-electron chi connectivity index (χ4n) is 3.53. The molecule has 0 saturated heterocycles. The minimum Gasteiger partial charge on any atom is -0.493 e. The molecule has 0 aliphatic heterocycles. The van der Waals surface area contributed by atoms with E-state index >= 15 is 0 Å². The maximum absolute atomic E-state index is 12.8. The lowest BCUT2D eigenvalue weighted by atomic mass is 10.1. The molecule has 0 fully saturated rings. The van der Waals surface area contributed by atoms with Crippen LogP contribution in [-0.2, 0) is 13.2 Å². The number of benzene rings is 3. The van der Waals surface area contributed by atoms with E-state index in [1.54, 1.807) is 43.3 Å². The molecule has 0 unspecified atom stereocenters. The number of hydrazine groups is 1. The largest absolute Gasteiger partial charge is 0.493 e. The molecule has 9 heteroatoms. The Kier molecular flexibility index (Phi) is 7.06. The summed E-state index contributed by atoms with van der Waals surface area (Å²) in [5.74, 6) is -0.345. The number of methoxy groups -OCH3 is 1. The van der Waals surface area contributed by atoms with Crippen molar-refractivity contribution < 1.29 is 19.1 Å². The highest BCUT2D eigenvalue weighted by Gasteiger charge is 2.18. The van der Waals surface area contributed by atoms with Gasteiger partial charge >= 0.3 is 0 Å². The first-order valence-electron chi connectivity index (χ1n) is 11.0. The van der Waals surface area contributed by atoms with Crippen molar-refractivity contribution in [3.05, 3.63) is 100.0 Å². The van der Waals surface area contributed by atoms with Crippen molar-refractivity contribution in [1.82, 2.24) is 20.6 Å². The van der Waals surface area contributed by atoms with Crippen LogP contribution < -0.4 is 25.9 Å². The van der Waals surface area contributed by atoms with E-state index in [4.69, 9.17) is 9.47 Å². The average Bonchev–Trinajstić information content (AvgIpc) is 2.91. The molecule has 0 bridgehead atoms. The first kappa shape index (κ1) is 23.5. The Bertz CT molecular complexity index is 1430. The second-order valence-electron chi connectivity index (χ2n) is 7.56. The minimum absolute atomic E-state index is 0.0320. The topological polar surface area (TPSA) is 112 Å². The lowest BCUT2D eigenvalue weighted by Crippen LogP contribution is -2.42. The fraction of sp³-hybridized carbons (Fsp3) is 0.154. The summed E-state index contributed by atoms with van der Waals surface area (Å²) in [5, 5.41) is 4.93. The summed E-state index contributed by atoms with van der Waals surface area (Å²) in [5.41, 5.74) is 5.75. The molecule has 0 saturated carbocycles. The van der Waals surface area contributed by atoms with Crippen LogP contribution >= 0.6 is 0 Å². The molecule has 0 atom stereocenters. The molecule has 0 aliphatic rings. The minimum atomic E-state index is -0.647. The van der Waals surface area contributed by atoms with E-state index in [1.165, 1.54) is 17.9 Å². The fourth-order valence-corrected chi connectivity index (χ4v) is 3.53. The zero-order chi connectivity index (χ0) is 24.8. The van der Waals surface area contributed by atoms with Crippen LogP contribution in [0.5, 0.6) is 11.5 Å². The van der Waals surface area contributed by atoms with E-state index < -0.39 is 11.8 Å². The summed E-state index contributed by atoms with van der Waals surface area (Å²) >= 11 is 0. The van der Waals surface area contributed by atoms with Gasteiger partial charge in [0.15, 0.2) is 17.2 Å². The van der Waals surface area contributed by atoms with E-state index in [0.29, 0.717) is 35.4 Å². The Hall–Kier alpha value is -4.66. The molecule has 2 N–H and O–H groups in total. The quantitative estimate of drug-likeness (QED) is 0.400. The van der Waals surface area contributed by atoms with Gasteiger partial charge in [0.05, 0.1) is 12.5 Å². The van der Waals surface area contributed by atoms with Crippen LogP contribution in [0.25, 0.3) is 10.8 Å². The maximum Gasteiger partial charge on any atom is 0.290 e. The zero-order valence-electron chi connectivity index (χ0n) is 19.3. The standard InChI is InChI=1S/C26H24N4O5/c1-3-30-26(33)20-12-8-7-11-19(20)23(29-30)25(32)28-27-24(31)18-13-14-21(22(15-18)34-2)35-16-17-9-5-4-6-10-17/h4-15H,3,16H2,1-2H3,(H,27,31)(H,28,32). The molecular formula is C26H24N4O5. The summed E-state index contributed by atoms with van der Waals surface area (Å²) < 4.78 is 12.4. The first-order chi connectivity index (χ1) is 17.0. The van der Waals surface area contributed by atoms with Crippen LogP contribution in [0.3, 0.4) is 0 Å². The number of nitrogens with one attached hydrogen (secondary N) is 2. The SMILES string of the molecule is CCn1nc(C(=O)NNC(=O)c2ccc(OCc3ccccc3)c(OC)c2)c2ccccc2c1=O. The van der Waals surface area contributed by atoms with Crippen LogP contribution in [0.2, 0.25) is 0 Å². The van der Waals surface area contributed by atoms with Crippen molar-refractivity contribution >= 4 is 22.6 Å². The molecule has 0 aliphatic carbocycles. The lowest BCUT2D eigenvalue weighted by molar-refractivity contribution is 0.0843. The van der Waals surface area contributed by atoms with Gasteiger partial charge in [-0.3, -0.25) is 25.2 Å². The first-order valence-corrected chi connectivity index (χ1v) is 11.0. The van der Waals surface area contributed by atoms with Crippen molar-refractivity contribution in [3.63, 3.8) is 0 Å². The number of aryl methyl sites for hydroxylation is 1. The van der Waals surface area contributed by atoms with Gasteiger partial charge in [-0.25, -0.2) is 4.68 Å². The maximum atomic E-state index is 12.8. The van der Waals surface area contributed by atoms with Gasteiger partial charge in [-0.05, 0) is 36.8 Å². The number of amides is 2. The third-order valence-corrected chi connectivity index (χ3v) is 5.33. The Balaban J connectivity index is 1.47. The molecule has 9 nitrogen and oxygen atoms in total. The van der Waals surface area contributed by atoms with Gasteiger partial charge in [0.2, 0.25) is 0 Å². The van der Waals surface area contributed by atoms with Crippen LogP contribution in [-0.4, -0.2) is 28.7 Å². The van der Waals surface area contributed by atoms with Crippen molar-refractivity contribution in [1.29, 1.82) is 0 Å². The van der Waals surface area contributed by atoms with Crippen molar-refractivity contribution in [2.75, 3.05) is 7.11 Å². The van der Waals surface area contributed by atoms with Crippen LogP contribution in [0.15, 0.2) is 77.6 Å². The average molecular weight is 473 g/mol. The zero-order valence-corrected chi connectivity index (χ0v) is 19.3. The van der Waals surface area contributed by atoms with Crippen LogP contribution in [0.4, 0.5) is 0 Å². The summed E-state index contributed by atoms with van der Waals surface area (Å²) in [7, 11) is 1.48. The number of rotatable bonds is 7. The van der Waals surface area contributed by atoms with Crippen molar-refractivity contribution in [2.45, 2.75) is 20.1 Å². The second-order valence-corrected chi connectivity index (χ2v) is 7.56. The van der Waals surface area contributed by atoms with Gasteiger partial charge in [-0.2, -0.15) is 5.10 Å². The summed E-state index contributed by atoms with van der Waals surface area (Å²) in [4.78, 5) is 38.0. The van der Waals surface area contributed by atoms with E-state index in [0.717, 1.165) is 5.56 Å². The summed E-state index contributed by atoms with van der Waals surface area (Å²) in [6.07, 6.45) is 0. The molecule has 1 aromatic heterocycles. The van der Waals surface area contributed by atoms with E-state index in [1.807, 2.05) is 30.3 Å². The van der Waals surface area contributed by atoms with Gasteiger partial charge in [0.25, 0.3) is 17.4 Å². The normalized spacial score (nSPS) is 10.6. The Morgan fingerprint density at radius 1 is 0.886 bits per heavy atom. The monoisotopic (exact) mass is 472 g/mol. The highest BCUT2D eigenvalue weighted by molar-refractivity contribution is 6.06. The molecular weight excluding hydrogens is 448 g/mol. The Morgan fingerprint density at radius 3 is 2.29 bits per heavy atom. The van der Waals surface area contributed by atoms with E-state index in [-0.39, 0.29) is 16.8 Å². The number of hydrogen-bond donors (Lipinski definition) is 2. The molecule has 1 heterocycles. The predicted molar refractivity (Wildman–Crippen MR) is 130 cm³/mol.